The van der Waals surface area contributed by atoms with Crippen molar-refractivity contribution in [2.75, 3.05) is 6.54 Å². The number of amides is 1. The van der Waals surface area contributed by atoms with Gasteiger partial charge in [0.25, 0.3) is 0 Å². The van der Waals surface area contributed by atoms with Crippen molar-refractivity contribution in [1.82, 2.24) is 14.7 Å². The van der Waals surface area contributed by atoms with Crippen LogP contribution < -0.4 is 0 Å². The fourth-order valence-electron chi connectivity index (χ4n) is 3.56. The Hall–Kier alpha value is -3.48. The number of aryl methyl sites for hydroxylation is 1. The number of fused-ring (bicyclic) bond motifs is 1. The summed E-state index contributed by atoms with van der Waals surface area (Å²) in [7, 11) is 0. The van der Waals surface area contributed by atoms with Crippen LogP contribution in [0, 0.1) is 5.82 Å². The highest BCUT2D eigenvalue weighted by Crippen LogP contribution is 2.23. The summed E-state index contributed by atoms with van der Waals surface area (Å²) in [6.07, 6.45) is 0.235. The van der Waals surface area contributed by atoms with Crippen molar-refractivity contribution < 1.29 is 18.7 Å². The molecule has 3 aromatic rings. The second-order valence-corrected chi connectivity index (χ2v) is 7.34. The zero-order chi connectivity index (χ0) is 21.1. The van der Waals surface area contributed by atoms with Gasteiger partial charge in [-0.25, -0.2) is 9.18 Å². The molecule has 1 aromatic heterocycles. The number of Topliss-reactive ketones (excluding diaryl/α,β-unsaturated/α-hetero) is 1. The molecule has 0 saturated carbocycles. The van der Waals surface area contributed by atoms with E-state index in [2.05, 4.69) is 5.10 Å². The number of nitrogens with zero attached hydrogens (tertiary/aromatic N) is 3. The molecule has 1 aliphatic heterocycles. The highest BCUT2D eigenvalue weighted by molar-refractivity contribution is 5.92. The molecule has 6 nitrogen and oxygen atoms in total. The molecule has 0 bridgehead atoms. The van der Waals surface area contributed by atoms with E-state index in [0.717, 1.165) is 16.8 Å². The molecule has 0 atom stereocenters. The summed E-state index contributed by atoms with van der Waals surface area (Å²) in [5.41, 5.74) is 3.41. The van der Waals surface area contributed by atoms with Gasteiger partial charge < -0.3 is 9.64 Å². The lowest BCUT2D eigenvalue weighted by Gasteiger charge is -2.19. The Balaban J connectivity index is 1.44. The molecule has 154 valence electrons. The van der Waals surface area contributed by atoms with Crippen LogP contribution in [0.25, 0.3) is 11.1 Å². The number of halogens is 1. The van der Waals surface area contributed by atoms with Gasteiger partial charge in [0.05, 0.1) is 12.2 Å². The SMILES string of the molecule is CC(=O)c1cc2n(n1)CCCN(C(=O)OCc1cc(F)cc(-c3ccccc3)c1)C2. The molecule has 1 aliphatic rings. The third kappa shape index (κ3) is 4.40. The number of carbonyl (C=O) groups excluding carboxylic acids is 2. The van der Waals surface area contributed by atoms with E-state index in [1.54, 1.807) is 15.6 Å². The second-order valence-electron chi connectivity index (χ2n) is 7.34. The molecule has 0 unspecified atom stereocenters. The number of ketones is 1. The molecule has 30 heavy (non-hydrogen) atoms. The standard InChI is InChI=1S/C23H22FN3O3/c1-16(28)22-13-21-14-26(8-5-9-27(21)25-22)23(29)30-15-17-10-19(12-20(24)11-17)18-6-3-2-4-7-18/h2-4,6-7,10-13H,5,8-9,14-15H2,1H3. The molecule has 2 aromatic carbocycles. The van der Waals surface area contributed by atoms with Crippen LogP contribution in [0.3, 0.4) is 0 Å². The molecule has 0 spiro atoms. The Morgan fingerprint density at radius 2 is 1.87 bits per heavy atom. The summed E-state index contributed by atoms with van der Waals surface area (Å²) in [4.78, 5) is 25.8. The van der Waals surface area contributed by atoms with Crippen molar-refractivity contribution in [1.29, 1.82) is 0 Å². The van der Waals surface area contributed by atoms with Gasteiger partial charge >= 0.3 is 6.09 Å². The van der Waals surface area contributed by atoms with E-state index in [0.29, 0.717) is 37.3 Å². The lowest BCUT2D eigenvalue weighted by atomic mass is 10.0. The van der Waals surface area contributed by atoms with E-state index in [1.165, 1.54) is 19.1 Å². The highest BCUT2D eigenvalue weighted by atomic mass is 19.1. The van der Waals surface area contributed by atoms with E-state index in [-0.39, 0.29) is 18.2 Å². The average molecular weight is 407 g/mol. The number of aromatic nitrogens is 2. The van der Waals surface area contributed by atoms with Crippen molar-refractivity contribution in [2.45, 2.75) is 33.0 Å². The van der Waals surface area contributed by atoms with Gasteiger partial charge in [-0.1, -0.05) is 30.3 Å². The normalized spacial score (nSPS) is 13.5. The Morgan fingerprint density at radius 3 is 2.63 bits per heavy atom. The third-order valence-corrected chi connectivity index (χ3v) is 5.06. The van der Waals surface area contributed by atoms with Gasteiger partial charge in [-0.3, -0.25) is 9.48 Å². The van der Waals surface area contributed by atoms with E-state index in [9.17, 15) is 14.0 Å². The number of ether oxygens (including phenoxy) is 1. The number of benzene rings is 2. The van der Waals surface area contributed by atoms with Crippen molar-refractivity contribution in [3.8, 4) is 11.1 Å². The Morgan fingerprint density at radius 1 is 1.07 bits per heavy atom. The molecule has 1 amide bonds. The Bertz CT molecular complexity index is 1080. The largest absolute Gasteiger partial charge is 0.445 e. The van der Waals surface area contributed by atoms with Crippen LogP contribution in [0.2, 0.25) is 0 Å². The minimum Gasteiger partial charge on any atom is -0.445 e. The first-order valence-electron chi connectivity index (χ1n) is 9.84. The predicted octanol–water partition coefficient (Wildman–Crippen LogP) is 4.43. The van der Waals surface area contributed by atoms with Crippen LogP contribution in [0.1, 0.15) is 35.1 Å². The summed E-state index contributed by atoms with van der Waals surface area (Å²) >= 11 is 0. The molecule has 0 fully saturated rings. The number of rotatable bonds is 4. The van der Waals surface area contributed by atoms with Crippen LogP contribution >= 0.6 is 0 Å². The number of carbonyl (C=O) groups is 2. The van der Waals surface area contributed by atoms with Crippen molar-refractivity contribution >= 4 is 11.9 Å². The van der Waals surface area contributed by atoms with E-state index >= 15 is 0 Å². The van der Waals surface area contributed by atoms with Crippen molar-refractivity contribution in [3.63, 3.8) is 0 Å². The lowest BCUT2D eigenvalue weighted by Crippen LogP contribution is -2.31. The minimum absolute atomic E-state index is 0.0229. The smallest absolute Gasteiger partial charge is 0.410 e. The maximum absolute atomic E-state index is 14.1. The van der Waals surface area contributed by atoms with E-state index in [4.69, 9.17) is 4.74 Å². The van der Waals surface area contributed by atoms with Gasteiger partial charge in [-0.05, 0) is 47.4 Å². The Kier molecular flexibility index (Phi) is 5.61. The third-order valence-electron chi connectivity index (χ3n) is 5.06. The molecule has 0 aliphatic carbocycles. The van der Waals surface area contributed by atoms with Crippen LogP contribution in [-0.2, 0) is 24.4 Å². The van der Waals surface area contributed by atoms with Gasteiger partial charge in [-0.2, -0.15) is 5.10 Å². The molecule has 0 N–H and O–H groups in total. The fraction of sp³-hybridized carbons (Fsp3) is 0.261. The summed E-state index contributed by atoms with van der Waals surface area (Å²) in [5, 5.41) is 4.29. The van der Waals surface area contributed by atoms with Gasteiger partial charge in [0.1, 0.15) is 18.1 Å². The van der Waals surface area contributed by atoms with E-state index < -0.39 is 6.09 Å². The molecule has 2 heterocycles. The zero-order valence-corrected chi connectivity index (χ0v) is 16.7. The maximum Gasteiger partial charge on any atom is 0.410 e. The average Bonchev–Trinajstić information content (AvgIpc) is 3.04. The van der Waals surface area contributed by atoms with Gasteiger partial charge in [0.2, 0.25) is 0 Å². The molecule has 7 heteroatoms. The maximum atomic E-state index is 14.1. The quantitative estimate of drug-likeness (QED) is 0.600. The summed E-state index contributed by atoms with van der Waals surface area (Å²) in [6.45, 7) is 2.92. The van der Waals surface area contributed by atoms with Crippen LogP contribution in [-0.4, -0.2) is 33.1 Å². The predicted molar refractivity (Wildman–Crippen MR) is 109 cm³/mol. The monoisotopic (exact) mass is 407 g/mol. The molecular weight excluding hydrogens is 385 g/mol. The first-order valence-corrected chi connectivity index (χ1v) is 9.84. The molecular formula is C23H22FN3O3. The van der Waals surface area contributed by atoms with Gasteiger partial charge in [0.15, 0.2) is 5.78 Å². The summed E-state index contributed by atoms with van der Waals surface area (Å²) in [6, 6.07) is 15.9. The highest BCUT2D eigenvalue weighted by Gasteiger charge is 2.22. The first-order chi connectivity index (χ1) is 14.5. The van der Waals surface area contributed by atoms with Crippen LogP contribution in [0.15, 0.2) is 54.6 Å². The lowest BCUT2D eigenvalue weighted by molar-refractivity contribution is 0.0941. The topological polar surface area (TPSA) is 64.4 Å². The first kappa shape index (κ1) is 19.8. The van der Waals surface area contributed by atoms with Crippen LogP contribution in [0.4, 0.5) is 9.18 Å². The molecule has 4 rings (SSSR count). The van der Waals surface area contributed by atoms with E-state index in [1.807, 2.05) is 36.4 Å². The van der Waals surface area contributed by atoms with Crippen molar-refractivity contribution in [2.24, 2.45) is 0 Å². The minimum atomic E-state index is -0.473. The molecule has 0 radical (unpaired) electrons. The number of hydrogen-bond donors (Lipinski definition) is 0. The number of hydrogen-bond acceptors (Lipinski definition) is 4. The van der Waals surface area contributed by atoms with Crippen LogP contribution in [0.5, 0.6) is 0 Å². The summed E-state index contributed by atoms with van der Waals surface area (Å²) in [5.74, 6) is -0.483. The van der Waals surface area contributed by atoms with Crippen molar-refractivity contribution in [3.05, 3.63) is 77.4 Å². The second kappa shape index (κ2) is 8.49. The zero-order valence-electron chi connectivity index (χ0n) is 16.7. The summed E-state index contributed by atoms with van der Waals surface area (Å²) < 4.78 is 21.3. The molecule has 0 saturated heterocycles. The fourth-order valence-corrected chi connectivity index (χ4v) is 3.56. The Labute approximate surface area is 173 Å². The van der Waals surface area contributed by atoms with Gasteiger partial charge in [0, 0.05) is 20.0 Å². The van der Waals surface area contributed by atoms with Gasteiger partial charge in [-0.15, -0.1) is 0 Å².